The van der Waals surface area contributed by atoms with Crippen LogP contribution in [-0.2, 0) is 68.3 Å². The summed E-state index contributed by atoms with van der Waals surface area (Å²) in [5, 5.41) is 4.80. The molecule has 1 amide bonds. The second-order valence-corrected chi connectivity index (χ2v) is 22.3. The smallest absolute Gasteiger partial charge is 0.338 e. The number of nitrogens with one attached hydrogen (secondary N) is 1. The van der Waals surface area contributed by atoms with Crippen LogP contribution < -0.4 is 24.3 Å². The van der Waals surface area contributed by atoms with Crippen molar-refractivity contribution in [3.63, 3.8) is 0 Å². The number of rotatable bonds is 35. The lowest BCUT2D eigenvalue weighted by atomic mass is 9.93. The fourth-order valence-corrected chi connectivity index (χ4v) is 9.79. The van der Waals surface area contributed by atoms with E-state index in [0.717, 1.165) is 29.9 Å². The van der Waals surface area contributed by atoms with Crippen LogP contribution >= 0.6 is 0 Å². The van der Waals surface area contributed by atoms with Gasteiger partial charge in [0.1, 0.15) is 75.9 Å². The molecule has 0 heterocycles. The molecule has 0 saturated carbocycles. The zero-order chi connectivity index (χ0) is 73.1. The predicted octanol–water partition coefficient (Wildman–Crippen LogP) is 11.1. The van der Waals surface area contributed by atoms with Crippen LogP contribution in [0.4, 0.5) is 5.69 Å². The molecule has 8 aromatic rings. The fraction of sp³-hybridized carbons (Fsp3) is 0.188. The van der Waals surface area contributed by atoms with E-state index < -0.39 is 112 Å². The number of ether oxygens (including phenoxy) is 12. The van der Waals surface area contributed by atoms with Crippen LogP contribution in [-0.4, -0.2) is 131 Å². The molecular weight excluding hydrogens is 1310 g/mol. The van der Waals surface area contributed by atoms with Crippen molar-refractivity contribution in [3.05, 3.63) is 258 Å². The summed E-state index contributed by atoms with van der Waals surface area (Å²) >= 11 is 0. The first-order chi connectivity index (χ1) is 49.2. The molecule has 0 aromatic heterocycles. The first-order valence-corrected chi connectivity index (χ1v) is 31.5. The monoisotopic (exact) mass is 1380 g/mol. The average molecular weight is 1380 g/mol. The molecule has 0 aliphatic heterocycles. The molecule has 0 saturated heterocycles. The Morgan fingerprint density at radius 2 is 0.755 bits per heavy atom. The average Bonchev–Trinajstić information content (AvgIpc) is 0.772. The fourth-order valence-electron chi connectivity index (χ4n) is 9.79. The minimum absolute atomic E-state index is 0.127. The quantitative estimate of drug-likeness (QED) is 0.0167. The molecule has 0 aliphatic carbocycles. The number of fused-ring (bicyclic) bond motifs is 2. The van der Waals surface area contributed by atoms with Crippen LogP contribution in [0.1, 0.15) is 76.2 Å². The van der Waals surface area contributed by atoms with E-state index in [1.165, 1.54) is 55.5 Å². The van der Waals surface area contributed by atoms with Gasteiger partial charge in [-0.1, -0.05) is 92.3 Å². The second-order valence-electron chi connectivity index (χ2n) is 22.3. The highest BCUT2D eigenvalue weighted by atomic mass is 16.6. The number of aryl methyl sites for hydroxylation is 1. The number of hydrogen-bond donors (Lipinski definition) is 1. The maximum absolute atomic E-state index is 13.4. The summed E-state index contributed by atoms with van der Waals surface area (Å²) in [7, 11) is 0. The minimum atomic E-state index is -1.26. The number of carbonyl (C=O) groups is 9. The van der Waals surface area contributed by atoms with E-state index in [4.69, 9.17) is 69.7 Å². The summed E-state index contributed by atoms with van der Waals surface area (Å²) in [6.07, 6.45) is 9.95. The molecule has 0 radical (unpaired) electrons. The molecule has 0 aliphatic rings. The molecule has 4 atom stereocenters. The number of anilines is 1. The molecule has 8 aromatic carbocycles. The summed E-state index contributed by atoms with van der Waals surface area (Å²) < 4.78 is 71.0. The summed E-state index contributed by atoms with van der Waals surface area (Å²) in [5.74, 6) is -1.01. The number of amides is 1. The van der Waals surface area contributed by atoms with Crippen LogP contribution in [0.2, 0.25) is 0 Å². The zero-order valence-electron chi connectivity index (χ0n) is 55.6. The van der Waals surface area contributed by atoms with Gasteiger partial charge in [-0.05, 0) is 138 Å². The van der Waals surface area contributed by atoms with Gasteiger partial charge in [0.15, 0.2) is 24.4 Å². The lowest BCUT2D eigenvalue weighted by Gasteiger charge is -2.23. The summed E-state index contributed by atoms with van der Waals surface area (Å²) in [5.41, 5.74) is 3.68. The number of hydrogen-bond acceptors (Lipinski definition) is 21. The molecule has 22 heteroatoms. The molecule has 8 rings (SSSR count). The Labute approximate surface area is 587 Å². The largest absolute Gasteiger partial charge is 0.490 e. The third kappa shape index (κ3) is 21.9. The molecule has 4 unspecified atom stereocenters. The summed E-state index contributed by atoms with van der Waals surface area (Å²) in [6, 6.07) is 41.9. The maximum Gasteiger partial charge on any atom is 0.338 e. The van der Waals surface area contributed by atoms with Crippen molar-refractivity contribution in [1.29, 1.82) is 0 Å². The van der Waals surface area contributed by atoms with Gasteiger partial charge in [0.05, 0.1) is 22.3 Å². The Bertz CT molecular complexity index is 4560. The van der Waals surface area contributed by atoms with Gasteiger partial charge in [-0.3, -0.25) is 4.79 Å². The summed E-state index contributed by atoms with van der Waals surface area (Å²) in [6.45, 7) is 13.8. The topological polar surface area (TPSA) is 276 Å². The van der Waals surface area contributed by atoms with Gasteiger partial charge in [0.25, 0.3) is 0 Å². The van der Waals surface area contributed by atoms with Gasteiger partial charge in [0.2, 0.25) is 5.91 Å². The normalized spacial score (nSPS) is 11.7. The third-order valence-electron chi connectivity index (χ3n) is 14.9. The number of terminal acetylenes is 2. The molecule has 102 heavy (non-hydrogen) atoms. The van der Waals surface area contributed by atoms with E-state index in [0.29, 0.717) is 49.5 Å². The molecular formula is C80H69NO21. The van der Waals surface area contributed by atoms with Crippen molar-refractivity contribution < 1.29 is 100.0 Å². The van der Waals surface area contributed by atoms with Gasteiger partial charge < -0.3 is 62.2 Å². The van der Waals surface area contributed by atoms with Gasteiger partial charge >= 0.3 is 47.8 Å². The maximum atomic E-state index is 13.4. The van der Waals surface area contributed by atoms with E-state index >= 15 is 0 Å². The second kappa shape index (κ2) is 36.9. The zero-order valence-corrected chi connectivity index (χ0v) is 55.6. The van der Waals surface area contributed by atoms with Crippen LogP contribution in [0.5, 0.6) is 23.0 Å². The predicted molar refractivity (Wildman–Crippen MR) is 375 cm³/mol. The number of esters is 8. The lowest BCUT2D eigenvalue weighted by Crippen LogP contribution is -2.31. The highest BCUT2D eigenvalue weighted by molar-refractivity contribution is 5.95. The van der Waals surface area contributed by atoms with Gasteiger partial charge in [-0.2, -0.15) is 0 Å². The highest BCUT2D eigenvalue weighted by Gasteiger charge is 2.26. The SMILES string of the molecule is C#Cc1cccc(C(=O)OCC(COc2ccc3ccc(OCC(COC(=O)c4ccc(C)cc4)OC(=O)C=C)cc3c2Cc2c(OCC(COC(=O)c3cccc(C#C)c3)OC(=O)C=C)ccc3ccc(OCC(COC(=O)c4ccc(NC(C)=O)cc4)OC(=O)C=C)cc23)OC(=O)C=C)c1. The first kappa shape index (κ1) is 74.6. The van der Waals surface area contributed by atoms with Crippen molar-refractivity contribution in [2.45, 2.75) is 44.7 Å². The van der Waals surface area contributed by atoms with Gasteiger partial charge in [-0.25, -0.2) is 38.4 Å². The number of benzene rings is 8. The Balaban J connectivity index is 1.20. The number of carbonyl (C=O) groups excluding carboxylic acids is 9. The minimum Gasteiger partial charge on any atom is -0.490 e. The molecule has 22 nitrogen and oxygen atoms in total. The van der Waals surface area contributed by atoms with E-state index in [2.05, 4.69) is 43.5 Å². The Kier molecular flexibility index (Phi) is 27.0. The van der Waals surface area contributed by atoms with E-state index in [-0.39, 0.29) is 70.8 Å². The van der Waals surface area contributed by atoms with Crippen LogP contribution in [0, 0.1) is 31.6 Å². The van der Waals surface area contributed by atoms with Gasteiger partial charge in [-0.15, -0.1) is 12.8 Å². The van der Waals surface area contributed by atoms with E-state index in [1.807, 2.05) is 6.92 Å². The Hall–Kier alpha value is -13.2. The van der Waals surface area contributed by atoms with E-state index in [9.17, 15) is 43.2 Å². The van der Waals surface area contributed by atoms with E-state index in [1.54, 1.807) is 109 Å². The van der Waals surface area contributed by atoms with Crippen LogP contribution in [0.25, 0.3) is 21.5 Å². The van der Waals surface area contributed by atoms with Crippen LogP contribution in [0.15, 0.2) is 208 Å². The first-order valence-electron chi connectivity index (χ1n) is 31.5. The Morgan fingerprint density at radius 1 is 0.412 bits per heavy atom. The molecule has 0 spiro atoms. The van der Waals surface area contributed by atoms with Crippen molar-refractivity contribution in [2.75, 3.05) is 58.2 Å². The third-order valence-corrected chi connectivity index (χ3v) is 14.9. The lowest BCUT2D eigenvalue weighted by molar-refractivity contribution is -0.147. The molecule has 0 fully saturated rings. The van der Waals surface area contributed by atoms with Crippen molar-refractivity contribution in [2.24, 2.45) is 0 Å². The van der Waals surface area contributed by atoms with Crippen molar-refractivity contribution >= 4 is 80.9 Å². The van der Waals surface area contributed by atoms with Crippen LogP contribution in [0.3, 0.4) is 0 Å². The Morgan fingerprint density at radius 3 is 1.11 bits per heavy atom. The standard InChI is InChI=1S/C80H69NO21/c1-9-52-17-15-19-58(37-52)79(89)97-48-65(101-75(85)13-5)44-93-71-35-29-54-27-33-61(91-42-63(99-73(83)11-3)46-95-77(87)56-23-21-50(7)22-24-56)39-67(54)69(71)41-70-68-40-62(92-43-64(100-74(84)12-4)47-96-78(88)57-25-31-60(32-26-57)81-51(8)82)34-28-55(68)30-36-72(70)94-45-66(102-76(86)14-6)49-98-80(90)59-20-16-18-53(10-2)38-59/h1-2,11-40,63-66H,3-6,41-49H2,7-8H3,(H,81,82). The molecule has 1 N–H and O–H groups in total. The summed E-state index contributed by atoms with van der Waals surface area (Å²) in [4.78, 5) is 116. The van der Waals surface area contributed by atoms with Gasteiger partial charge in [0, 0.05) is 65.6 Å². The molecule has 520 valence electrons. The van der Waals surface area contributed by atoms with Crippen molar-refractivity contribution in [1.82, 2.24) is 0 Å². The highest BCUT2D eigenvalue weighted by Crippen LogP contribution is 2.39. The van der Waals surface area contributed by atoms with Crippen molar-refractivity contribution in [3.8, 4) is 47.7 Å². The molecule has 0 bridgehead atoms.